The molecule has 1 aromatic carbocycles. The Labute approximate surface area is 199 Å². The molecule has 1 aliphatic heterocycles. The summed E-state index contributed by atoms with van der Waals surface area (Å²) in [6.45, 7) is -0.169. The topological polar surface area (TPSA) is 127 Å². The van der Waals surface area contributed by atoms with E-state index in [1.54, 1.807) is 0 Å². The molecule has 0 aliphatic carbocycles. The highest BCUT2D eigenvalue weighted by molar-refractivity contribution is 7.11. The van der Waals surface area contributed by atoms with Crippen LogP contribution in [0.4, 0.5) is 17.6 Å². The number of aromatic nitrogens is 2. The Bertz CT molecular complexity index is 1280. The molecule has 2 amide bonds. The summed E-state index contributed by atoms with van der Waals surface area (Å²) in [7, 11) is 0. The summed E-state index contributed by atoms with van der Waals surface area (Å²) < 4.78 is 61.8. The van der Waals surface area contributed by atoms with Crippen molar-refractivity contribution in [2.75, 3.05) is 13.2 Å². The molecular formula is C22H18F4N4O4S. The van der Waals surface area contributed by atoms with Gasteiger partial charge >= 0.3 is 6.18 Å². The zero-order valence-electron chi connectivity index (χ0n) is 18.0. The number of nitrogens with zero attached hydrogens (tertiary/aromatic N) is 2. The molecule has 4 rings (SSSR count). The molecular weight excluding hydrogens is 492 g/mol. The van der Waals surface area contributed by atoms with Crippen LogP contribution in [0, 0.1) is 5.82 Å². The van der Waals surface area contributed by atoms with Crippen LogP contribution in [0.15, 0.2) is 42.0 Å². The number of benzene rings is 1. The summed E-state index contributed by atoms with van der Waals surface area (Å²) in [5, 5.41) is 12.9. The first-order valence-electron chi connectivity index (χ1n) is 10.1. The Balaban J connectivity index is 1.87. The van der Waals surface area contributed by atoms with Crippen LogP contribution in [-0.4, -0.2) is 46.2 Å². The second-order valence-corrected chi connectivity index (χ2v) is 9.02. The molecule has 8 nitrogen and oxygen atoms in total. The predicted molar refractivity (Wildman–Crippen MR) is 116 cm³/mol. The van der Waals surface area contributed by atoms with E-state index in [1.165, 1.54) is 30.8 Å². The number of carbonyl (C=O) groups excluding carboxylic acids is 2. The maximum atomic E-state index is 14.2. The first-order valence-corrected chi connectivity index (χ1v) is 11.0. The number of nitrogens with one attached hydrogen (secondary N) is 1. The third-order valence-electron chi connectivity index (χ3n) is 5.79. The van der Waals surface area contributed by atoms with E-state index in [9.17, 15) is 32.3 Å². The summed E-state index contributed by atoms with van der Waals surface area (Å²) in [5.74, 6) is -2.35. The summed E-state index contributed by atoms with van der Waals surface area (Å²) >= 11 is 0.905. The van der Waals surface area contributed by atoms with Gasteiger partial charge in [0.05, 0.1) is 23.9 Å². The van der Waals surface area contributed by atoms with E-state index in [4.69, 9.17) is 10.5 Å². The Morgan fingerprint density at radius 1 is 1.29 bits per heavy atom. The van der Waals surface area contributed by atoms with Gasteiger partial charge in [-0.3, -0.25) is 14.6 Å². The van der Waals surface area contributed by atoms with Crippen LogP contribution in [0.25, 0.3) is 11.3 Å². The van der Waals surface area contributed by atoms with Gasteiger partial charge in [-0.05, 0) is 37.3 Å². The number of alkyl halides is 3. The fraction of sp³-hybridized carbons (Fsp3) is 0.273. The van der Waals surface area contributed by atoms with Crippen LogP contribution in [0.3, 0.4) is 0 Å². The van der Waals surface area contributed by atoms with Crippen molar-refractivity contribution in [2.45, 2.75) is 24.1 Å². The van der Waals surface area contributed by atoms with E-state index >= 15 is 0 Å². The number of pyridine rings is 1. The fourth-order valence-electron chi connectivity index (χ4n) is 3.56. The van der Waals surface area contributed by atoms with E-state index in [2.05, 4.69) is 15.3 Å². The van der Waals surface area contributed by atoms with Crippen molar-refractivity contribution in [1.29, 1.82) is 0 Å². The molecule has 1 aliphatic rings. The molecule has 4 N–H and O–H groups in total. The molecule has 2 aromatic heterocycles. The standard InChI is InChI=1S/C22H18F4N4O4S/c1-20(19(27)32)9-34-17-13(20)6-15(30-16(17)11-2-4-12(23)5-3-11)21(33,22(24,25)26)8-29-18(31)14-7-28-10-35-14/h2-7,10,33H,8-9H2,1H3,(H2,27,32)(H,29,31)/t20-,21-/m0/s1. The lowest BCUT2D eigenvalue weighted by atomic mass is 9.81. The summed E-state index contributed by atoms with van der Waals surface area (Å²) in [4.78, 5) is 32.2. The van der Waals surface area contributed by atoms with Crippen molar-refractivity contribution >= 4 is 23.2 Å². The monoisotopic (exact) mass is 510 g/mol. The molecule has 0 saturated carbocycles. The number of fused-ring (bicyclic) bond motifs is 1. The van der Waals surface area contributed by atoms with Crippen LogP contribution >= 0.6 is 11.3 Å². The average molecular weight is 510 g/mol. The van der Waals surface area contributed by atoms with Gasteiger partial charge in [-0.1, -0.05) is 0 Å². The number of ether oxygens (including phenoxy) is 1. The first-order chi connectivity index (χ1) is 16.4. The third-order valence-corrected chi connectivity index (χ3v) is 6.56. The molecule has 35 heavy (non-hydrogen) atoms. The molecule has 3 heterocycles. The molecule has 0 bridgehead atoms. The number of carbonyl (C=O) groups is 2. The molecule has 2 atom stereocenters. The third kappa shape index (κ3) is 4.21. The molecule has 0 fully saturated rings. The zero-order valence-corrected chi connectivity index (χ0v) is 18.8. The highest BCUT2D eigenvalue weighted by atomic mass is 32.1. The van der Waals surface area contributed by atoms with Crippen molar-refractivity contribution in [1.82, 2.24) is 15.3 Å². The Hall–Kier alpha value is -3.58. The number of thiazole rings is 1. The van der Waals surface area contributed by atoms with Gasteiger partial charge in [0.1, 0.15) is 34.2 Å². The summed E-state index contributed by atoms with van der Waals surface area (Å²) in [6.07, 6.45) is -4.12. The lowest BCUT2D eigenvalue weighted by Gasteiger charge is -2.31. The number of rotatable bonds is 6. The quantitative estimate of drug-likeness (QED) is 0.438. The zero-order chi connectivity index (χ0) is 25.6. The van der Waals surface area contributed by atoms with E-state index in [0.29, 0.717) is 0 Å². The van der Waals surface area contributed by atoms with Gasteiger partial charge < -0.3 is 20.9 Å². The van der Waals surface area contributed by atoms with Gasteiger partial charge in [-0.15, -0.1) is 11.3 Å². The van der Waals surface area contributed by atoms with Crippen LogP contribution in [0.2, 0.25) is 0 Å². The number of nitrogens with two attached hydrogens (primary N) is 1. The Kier molecular flexibility index (Phi) is 6.01. The van der Waals surface area contributed by atoms with Crippen molar-refractivity contribution in [3.8, 4) is 17.0 Å². The maximum Gasteiger partial charge on any atom is 0.424 e. The van der Waals surface area contributed by atoms with Crippen molar-refractivity contribution < 1.29 is 37.0 Å². The molecule has 3 aromatic rings. The molecule has 0 unspecified atom stereocenters. The minimum absolute atomic E-state index is 0.0140. The SMILES string of the molecule is C[C@]1(C(N)=O)COc2c1cc([C@@](O)(CNC(=O)c1cncs1)C(F)(F)F)nc2-c1ccc(F)cc1. The number of halogens is 4. The van der Waals surface area contributed by atoms with Gasteiger partial charge in [-0.2, -0.15) is 13.2 Å². The van der Waals surface area contributed by atoms with Gasteiger partial charge in [0.2, 0.25) is 11.5 Å². The highest BCUT2D eigenvalue weighted by Crippen LogP contribution is 2.47. The van der Waals surface area contributed by atoms with Crippen molar-refractivity contribution in [3.63, 3.8) is 0 Å². The smallest absolute Gasteiger partial charge is 0.424 e. The van der Waals surface area contributed by atoms with Crippen LogP contribution in [0.5, 0.6) is 5.75 Å². The van der Waals surface area contributed by atoms with Gasteiger partial charge in [0.15, 0.2) is 0 Å². The van der Waals surface area contributed by atoms with E-state index in [-0.39, 0.29) is 34.1 Å². The second-order valence-electron chi connectivity index (χ2n) is 8.13. The normalized spacial score (nSPS) is 18.9. The van der Waals surface area contributed by atoms with Crippen LogP contribution in [-0.2, 0) is 15.8 Å². The maximum absolute atomic E-state index is 14.2. The van der Waals surface area contributed by atoms with Gasteiger partial charge in [-0.25, -0.2) is 9.37 Å². The van der Waals surface area contributed by atoms with E-state index in [0.717, 1.165) is 29.5 Å². The van der Waals surface area contributed by atoms with Gasteiger partial charge in [0, 0.05) is 11.1 Å². The Morgan fingerprint density at radius 3 is 2.54 bits per heavy atom. The lowest BCUT2D eigenvalue weighted by Crippen LogP contribution is -2.51. The van der Waals surface area contributed by atoms with Gasteiger partial charge in [0.25, 0.3) is 5.91 Å². The number of amides is 2. The minimum atomic E-state index is -5.29. The average Bonchev–Trinajstić information content (AvgIpc) is 3.46. The van der Waals surface area contributed by atoms with Crippen LogP contribution in [0.1, 0.15) is 27.9 Å². The molecule has 0 radical (unpaired) electrons. The molecule has 0 saturated heterocycles. The Morgan fingerprint density at radius 2 is 1.97 bits per heavy atom. The lowest BCUT2D eigenvalue weighted by molar-refractivity contribution is -0.265. The van der Waals surface area contributed by atoms with Crippen molar-refractivity contribution in [2.24, 2.45) is 5.73 Å². The largest absolute Gasteiger partial charge is 0.489 e. The van der Waals surface area contributed by atoms with Crippen molar-refractivity contribution in [3.05, 3.63) is 64.0 Å². The second kappa shape index (κ2) is 8.57. The number of primary amides is 1. The number of hydrogen-bond acceptors (Lipinski definition) is 7. The van der Waals surface area contributed by atoms with E-state index < -0.39 is 47.1 Å². The highest BCUT2D eigenvalue weighted by Gasteiger charge is 2.57. The summed E-state index contributed by atoms with van der Waals surface area (Å²) in [5.41, 5.74) is 0.765. The van der Waals surface area contributed by atoms with Crippen LogP contribution < -0.4 is 15.8 Å². The molecule has 0 spiro atoms. The van der Waals surface area contributed by atoms with E-state index in [1.807, 2.05) is 0 Å². The fourth-order valence-corrected chi connectivity index (χ4v) is 4.10. The molecule has 13 heteroatoms. The molecule has 184 valence electrons. The predicted octanol–water partition coefficient (Wildman–Crippen LogP) is 2.66. The first kappa shape index (κ1) is 24.5. The minimum Gasteiger partial charge on any atom is -0.489 e. The number of aliphatic hydroxyl groups is 1. The summed E-state index contributed by atoms with van der Waals surface area (Å²) in [6, 6.07) is 5.58. The number of hydrogen-bond donors (Lipinski definition) is 3.